The van der Waals surface area contributed by atoms with Crippen LogP contribution in [0.3, 0.4) is 0 Å². The van der Waals surface area contributed by atoms with Gasteiger partial charge in [-0.2, -0.15) is 4.98 Å². The van der Waals surface area contributed by atoms with Crippen molar-refractivity contribution in [1.29, 1.82) is 0 Å². The number of hydrogen-bond donors (Lipinski definition) is 0. The maximum absolute atomic E-state index is 13.1. The summed E-state index contributed by atoms with van der Waals surface area (Å²) in [5.41, 5.74) is 4.64. The molecule has 0 bridgehead atoms. The van der Waals surface area contributed by atoms with E-state index in [1.54, 1.807) is 4.57 Å². The van der Waals surface area contributed by atoms with Gasteiger partial charge in [0.05, 0.1) is 12.2 Å². The molecule has 1 atom stereocenters. The van der Waals surface area contributed by atoms with E-state index in [1.807, 2.05) is 24.3 Å². The van der Waals surface area contributed by atoms with Crippen LogP contribution in [0.5, 0.6) is 11.8 Å². The highest BCUT2D eigenvalue weighted by Crippen LogP contribution is 2.27. The molecule has 4 rings (SSSR count). The SMILES string of the molecule is Cc1cccc(-c2ccc(OC[C@@H]3Cn4c(CF)cc(=O)nc4O3)cc2)c1C. The van der Waals surface area contributed by atoms with Crippen LogP contribution in [0.4, 0.5) is 4.39 Å². The zero-order valence-electron chi connectivity index (χ0n) is 15.8. The minimum Gasteiger partial charge on any atom is -0.490 e. The van der Waals surface area contributed by atoms with Crippen LogP contribution in [0.1, 0.15) is 16.8 Å². The lowest BCUT2D eigenvalue weighted by atomic mass is 9.97. The Hall–Kier alpha value is -3.15. The Morgan fingerprint density at radius 2 is 2.00 bits per heavy atom. The lowest BCUT2D eigenvalue weighted by molar-refractivity contribution is 0.143. The first kappa shape index (κ1) is 18.2. The van der Waals surface area contributed by atoms with Crippen LogP contribution in [0, 0.1) is 13.8 Å². The first-order valence-corrected chi connectivity index (χ1v) is 9.18. The zero-order chi connectivity index (χ0) is 19.7. The van der Waals surface area contributed by atoms with Crippen molar-refractivity contribution in [3.8, 4) is 22.9 Å². The molecule has 28 heavy (non-hydrogen) atoms. The minimum absolute atomic E-state index is 0.152. The molecule has 1 aliphatic rings. The highest BCUT2D eigenvalue weighted by atomic mass is 19.1. The molecule has 0 saturated heterocycles. The van der Waals surface area contributed by atoms with Crippen molar-refractivity contribution in [1.82, 2.24) is 9.55 Å². The predicted molar refractivity (Wildman–Crippen MR) is 105 cm³/mol. The molecule has 0 unspecified atom stereocenters. The molecule has 3 aromatic rings. The second-order valence-electron chi connectivity index (χ2n) is 6.94. The lowest BCUT2D eigenvalue weighted by Crippen LogP contribution is -2.23. The number of ether oxygens (including phenoxy) is 2. The summed E-state index contributed by atoms with van der Waals surface area (Å²) in [6, 6.07) is 15.5. The molecular weight excluding hydrogens is 359 g/mol. The summed E-state index contributed by atoms with van der Waals surface area (Å²) in [7, 11) is 0. The molecule has 0 radical (unpaired) electrons. The molecule has 2 heterocycles. The number of aryl methyl sites for hydroxylation is 1. The fourth-order valence-electron chi connectivity index (χ4n) is 3.39. The van der Waals surface area contributed by atoms with Crippen molar-refractivity contribution < 1.29 is 13.9 Å². The summed E-state index contributed by atoms with van der Waals surface area (Å²) in [5.74, 6) is 0.724. The zero-order valence-corrected chi connectivity index (χ0v) is 15.8. The van der Waals surface area contributed by atoms with Crippen LogP contribution in [-0.2, 0) is 13.2 Å². The molecule has 1 aromatic heterocycles. The van der Waals surface area contributed by atoms with Gasteiger partial charge >= 0.3 is 6.01 Å². The molecule has 5 nitrogen and oxygen atoms in total. The van der Waals surface area contributed by atoms with Crippen molar-refractivity contribution >= 4 is 0 Å². The van der Waals surface area contributed by atoms with E-state index in [2.05, 4.69) is 37.0 Å². The van der Waals surface area contributed by atoms with Crippen molar-refractivity contribution in [3.05, 3.63) is 75.7 Å². The maximum Gasteiger partial charge on any atom is 0.300 e. The largest absolute Gasteiger partial charge is 0.490 e. The Bertz CT molecular complexity index is 1060. The van der Waals surface area contributed by atoms with Gasteiger partial charge in [0.2, 0.25) is 0 Å². The molecule has 0 fully saturated rings. The van der Waals surface area contributed by atoms with Gasteiger partial charge in [-0.25, -0.2) is 4.39 Å². The molecule has 1 aliphatic heterocycles. The fraction of sp³-hybridized carbons (Fsp3) is 0.273. The molecule has 0 saturated carbocycles. The average molecular weight is 380 g/mol. The first-order chi connectivity index (χ1) is 13.5. The summed E-state index contributed by atoms with van der Waals surface area (Å²) in [6.07, 6.45) is -0.321. The van der Waals surface area contributed by atoms with Gasteiger partial charge in [0.1, 0.15) is 19.0 Å². The third-order valence-corrected chi connectivity index (χ3v) is 5.07. The standard InChI is InChI=1S/C22H21FN2O3/c1-14-4-3-5-20(15(14)2)16-6-8-18(9-7-16)27-13-19-12-25-17(11-23)10-21(26)24-22(25)28-19/h3-10,19H,11-13H2,1-2H3/t19-/m0/s1. The van der Waals surface area contributed by atoms with Crippen LogP contribution in [-0.4, -0.2) is 22.3 Å². The van der Waals surface area contributed by atoms with E-state index in [9.17, 15) is 9.18 Å². The molecule has 0 spiro atoms. The maximum atomic E-state index is 13.1. The van der Waals surface area contributed by atoms with Crippen LogP contribution >= 0.6 is 0 Å². The summed E-state index contributed by atoms with van der Waals surface area (Å²) in [6.45, 7) is 4.18. The van der Waals surface area contributed by atoms with Crippen molar-refractivity contribution in [3.63, 3.8) is 0 Å². The van der Waals surface area contributed by atoms with Gasteiger partial charge in [0.15, 0.2) is 6.10 Å². The van der Waals surface area contributed by atoms with E-state index in [1.165, 1.54) is 22.8 Å². The number of aromatic nitrogens is 2. The van der Waals surface area contributed by atoms with Gasteiger partial charge in [-0.15, -0.1) is 0 Å². The number of nitrogens with zero attached hydrogens (tertiary/aromatic N) is 2. The molecule has 0 aliphatic carbocycles. The topological polar surface area (TPSA) is 53.4 Å². The molecule has 0 amide bonds. The first-order valence-electron chi connectivity index (χ1n) is 9.18. The van der Waals surface area contributed by atoms with E-state index >= 15 is 0 Å². The fourth-order valence-corrected chi connectivity index (χ4v) is 3.39. The number of rotatable bonds is 5. The smallest absolute Gasteiger partial charge is 0.300 e. The van der Waals surface area contributed by atoms with Gasteiger partial charge in [-0.1, -0.05) is 30.3 Å². The highest BCUT2D eigenvalue weighted by molar-refractivity contribution is 5.68. The Morgan fingerprint density at radius 3 is 2.75 bits per heavy atom. The normalized spacial score (nSPS) is 15.2. The van der Waals surface area contributed by atoms with Gasteiger partial charge in [-0.3, -0.25) is 9.36 Å². The summed E-state index contributed by atoms with van der Waals surface area (Å²) >= 11 is 0. The molecule has 2 aromatic carbocycles. The number of hydrogen-bond acceptors (Lipinski definition) is 4. The Labute approximate surface area is 162 Å². The molecule has 144 valence electrons. The predicted octanol–water partition coefficient (Wildman–Crippen LogP) is 3.84. The van der Waals surface area contributed by atoms with E-state index in [4.69, 9.17) is 9.47 Å². The monoisotopic (exact) mass is 380 g/mol. The number of alkyl halides is 1. The van der Waals surface area contributed by atoms with Crippen LogP contribution in [0.25, 0.3) is 11.1 Å². The number of fused-ring (bicyclic) bond motifs is 1. The van der Waals surface area contributed by atoms with Gasteiger partial charge in [0, 0.05) is 6.07 Å². The second kappa shape index (κ2) is 7.46. The number of benzene rings is 2. The average Bonchev–Trinajstić information content (AvgIpc) is 3.11. The third-order valence-electron chi connectivity index (χ3n) is 5.07. The van der Waals surface area contributed by atoms with Crippen LogP contribution in [0.2, 0.25) is 0 Å². The Kier molecular flexibility index (Phi) is 4.86. The summed E-state index contributed by atoms with van der Waals surface area (Å²) in [5, 5.41) is 0. The van der Waals surface area contributed by atoms with Crippen LogP contribution in [0.15, 0.2) is 53.3 Å². The van der Waals surface area contributed by atoms with Gasteiger partial charge in [0.25, 0.3) is 5.56 Å². The summed E-state index contributed by atoms with van der Waals surface area (Å²) < 4.78 is 26.1. The molecular formula is C22H21FN2O3. The second-order valence-corrected chi connectivity index (χ2v) is 6.94. The third kappa shape index (κ3) is 3.50. The summed E-state index contributed by atoms with van der Waals surface area (Å²) in [4.78, 5) is 15.3. The number of halogens is 1. The Morgan fingerprint density at radius 1 is 1.21 bits per heavy atom. The minimum atomic E-state index is -0.735. The van der Waals surface area contributed by atoms with Crippen LogP contribution < -0.4 is 15.0 Å². The molecule has 0 N–H and O–H groups in total. The Balaban J connectivity index is 1.42. The van der Waals surface area contributed by atoms with E-state index in [0.29, 0.717) is 6.54 Å². The van der Waals surface area contributed by atoms with E-state index in [0.717, 1.165) is 11.3 Å². The quantitative estimate of drug-likeness (QED) is 0.675. The van der Waals surface area contributed by atoms with Crippen molar-refractivity contribution in [2.45, 2.75) is 33.2 Å². The van der Waals surface area contributed by atoms with Crippen molar-refractivity contribution in [2.75, 3.05) is 6.61 Å². The van der Waals surface area contributed by atoms with Gasteiger partial charge in [-0.05, 0) is 48.2 Å². The van der Waals surface area contributed by atoms with Gasteiger partial charge < -0.3 is 9.47 Å². The van der Waals surface area contributed by atoms with Crippen molar-refractivity contribution in [2.24, 2.45) is 0 Å². The van der Waals surface area contributed by atoms with E-state index < -0.39 is 12.2 Å². The molecule has 6 heteroatoms. The van der Waals surface area contributed by atoms with E-state index in [-0.39, 0.29) is 24.4 Å². The highest BCUT2D eigenvalue weighted by Gasteiger charge is 2.26. The lowest BCUT2D eigenvalue weighted by Gasteiger charge is -2.12.